The minimum Gasteiger partial charge on any atom is -0.478 e. The standard InChI is InChI=1S/C13H17NO5S/c1-2-10-3-4-11(9-12(10)13(15)16)20(17,18)14-5-7-19-8-6-14/h3-4,9H,2,5-8H2,1H3,(H,15,16). The molecule has 0 amide bonds. The highest BCUT2D eigenvalue weighted by Gasteiger charge is 2.27. The average Bonchev–Trinajstić information content (AvgIpc) is 2.47. The molecule has 2 rings (SSSR count). The zero-order chi connectivity index (χ0) is 14.8. The van der Waals surface area contributed by atoms with Crippen LogP contribution in [0.25, 0.3) is 0 Å². The SMILES string of the molecule is CCc1ccc(S(=O)(=O)N2CCOCC2)cc1C(=O)O. The largest absolute Gasteiger partial charge is 0.478 e. The summed E-state index contributed by atoms with van der Waals surface area (Å²) in [5.41, 5.74) is 0.667. The number of aromatic carboxylic acids is 1. The van der Waals surface area contributed by atoms with Gasteiger partial charge in [-0.3, -0.25) is 0 Å². The van der Waals surface area contributed by atoms with Crippen LogP contribution in [0.2, 0.25) is 0 Å². The zero-order valence-corrected chi connectivity index (χ0v) is 12.0. The van der Waals surface area contributed by atoms with Crippen LogP contribution in [0.15, 0.2) is 23.1 Å². The molecule has 1 aliphatic rings. The van der Waals surface area contributed by atoms with Crippen LogP contribution in [-0.2, 0) is 21.2 Å². The number of carboxylic acid groups (broad SMARTS) is 1. The van der Waals surface area contributed by atoms with E-state index in [1.54, 1.807) is 6.07 Å². The predicted molar refractivity (Wildman–Crippen MR) is 72.4 cm³/mol. The Kier molecular flexibility index (Phi) is 4.42. The molecule has 1 aromatic carbocycles. The number of hydrogen-bond acceptors (Lipinski definition) is 4. The summed E-state index contributed by atoms with van der Waals surface area (Å²) < 4.78 is 31.3. The molecular weight excluding hydrogens is 282 g/mol. The number of rotatable bonds is 4. The fourth-order valence-corrected chi connectivity index (χ4v) is 3.59. The number of sulfonamides is 1. The van der Waals surface area contributed by atoms with Gasteiger partial charge >= 0.3 is 5.97 Å². The minimum atomic E-state index is -3.65. The summed E-state index contributed by atoms with van der Waals surface area (Å²) in [4.78, 5) is 11.2. The second-order valence-corrected chi connectivity index (χ2v) is 6.43. The van der Waals surface area contributed by atoms with Gasteiger partial charge < -0.3 is 9.84 Å². The van der Waals surface area contributed by atoms with Gasteiger partial charge in [-0.05, 0) is 24.1 Å². The molecule has 1 aliphatic heterocycles. The third-order valence-corrected chi connectivity index (χ3v) is 5.20. The van der Waals surface area contributed by atoms with E-state index in [0.29, 0.717) is 38.3 Å². The van der Waals surface area contributed by atoms with Gasteiger partial charge in [-0.25, -0.2) is 13.2 Å². The average molecular weight is 299 g/mol. The number of carboxylic acids is 1. The maximum Gasteiger partial charge on any atom is 0.336 e. The Morgan fingerprint density at radius 2 is 2.00 bits per heavy atom. The van der Waals surface area contributed by atoms with Crippen LogP contribution >= 0.6 is 0 Å². The van der Waals surface area contributed by atoms with Gasteiger partial charge in [0.25, 0.3) is 0 Å². The molecule has 0 aromatic heterocycles. The highest BCUT2D eigenvalue weighted by atomic mass is 32.2. The van der Waals surface area contributed by atoms with Gasteiger partial charge in [-0.15, -0.1) is 0 Å². The Balaban J connectivity index is 2.41. The summed E-state index contributed by atoms with van der Waals surface area (Å²) >= 11 is 0. The van der Waals surface area contributed by atoms with E-state index in [0.717, 1.165) is 0 Å². The lowest BCUT2D eigenvalue weighted by molar-refractivity contribution is 0.0694. The van der Waals surface area contributed by atoms with Crippen molar-refractivity contribution in [3.05, 3.63) is 29.3 Å². The molecule has 0 aliphatic carbocycles. The van der Waals surface area contributed by atoms with Gasteiger partial charge in [0.1, 0.15) is 0 Å². The van der Waals surface area contributed by atoms with Crippen LogP contribution in [0.5, 0.6) is 0 Å². The van der Waals surface area contributed by atoms with Crippen molar-refractivity contribution in [1.82, 2.24) is 4.31 Å². The van der Waals surface area contributed by atoms with E-state index in [9.17, 15) is 13.2 Å². The van der Waals surface area contributed by atoms with E-state index in [2.05, 4.69) is 0 Å². The van der Waals surface area contributed by atoms with E-state index in [4.69, 9.17) is 9.84 Å². The van der Waals surface area contributed by atoms with Crippen LogP contribution < -0.4 is 0 Å². The summed E-state index contributed by atoms with van der Waals surface area (Å²) in [5, 5.41) is 9.17. The normalized spacial score (nSPS) is 17.1. The minimum absolute atomic E-state index is 0.0222. The summed E-state index contributed by atoms with van der Waals surface area (Å²) in [6.45, 7) is 3.13. The van der Waals surface area contributed by atoms with Crippen LogP contribution in [0.3, 0.4) is 0 Å². The lowest BCUT2D eigenvalue weighted by Crippen LogP contribution is -2.40. The van der Waals surface area contributed by atoms with E-state index < -0.39 is 16.0 Å². The molecule has 1 heterocycles. The highest BCUT2D eigenvalue weighted by Crippen LogP contribution is 2.21. The summed E-state index contributed by atoms with van der Waals surface area (Å²) in [6.07, 6.45) is 0.541. The first-order valence-corrected chi connectivity index (χ1v) is 7.85. The van der Waals surface area contributed by atoms with Gasteiger partial charge in [-0.1, -0.05) is 13.0 Å². The van der Waals surface area contributed by atoms with Crippen molar-refractivity contribution < 1.29 is 23.1 Å². The van der Waals surface area contributed by atoms with Crippen molar-refractivity contribution in [2.45, 2.75) is 18.2 Å². The van der Waals surface area contributed by atoms with Gasteiger partial charge in [0.05, 0.1) is 23.7 Å². The monoisotopic (exact) mass is 299 g/mol. The molecule has 1 aromatic rings. The van der Waals surface area contributed by atoms with Gasteiger partial charge in [0.2, 0.25) is 10.0 Å². The number of carbonyl (C=O) groups is 1. The fourth-order valence-electron chi connectivity index (χ4n) is 2.16. The summed E-state index contributed by atoms with van der Waals surface area (Å²) in [5.74, 6) is -1.11. The summed E-state index contributed by atoms with van der Waals surface area (Å²) in [7, 11) is -3.65. The van der Waals surface area contributed by atoms with Crippen LogP contribution in [0, 0.1) is 0 Å². The van der Waals surface area contributed by atoms with Crippen molar-refractivity contribution in [1.29, 1.82) is 0 Å². The molecule has 0 bridgehead atoms. The Morgan fingerprint density at radius 1 is 1.35 bits per heavy atom. The quantitative estimate of drug-likeness (QED) is 0.895. The number of ether oxygens (including phenoxy) is 1. The van der Waals surface area contributed by atoms with Crippen molar-refractivity contribution in [2.75, 3.05) is 26.3 Å². The van der Waals surface area contributed by atoms with Crippen molar-refractivity contribution in [3.63, 3.8) is 0 Å². The number of aryl methyl sites for hydroxylation is 1. The predicted octanol–water partition coefficient (Wildman–Crippen LogP) is 0.968. The van der Waals surface area contributed by atoms with E-state index in [1.165, 1.54) is 16.4 Å². The zero-order valence-electron chi connectivity index (χ0n) is 11.2. The van der Waals surface area contributed by atoms with Gasteiger partial charge in [0.15, 0.2) is 0 Å². The molecule has 0 atom stereocenters. The number of morpholine rings is 1. The maximum atomic E-state index is 12.4. The second kappa shape index (κ2) is 5.90. The molecule has 0 spiro atoms. The molecule has 0 radical (unpaired) electrons. The van der Waals surface area contributed by atoms with Crippen LogP contribution in [0.1, 0.15) is 22.8 Å². The third-order valence-electron chi connectivity index (χ3n) is 3.30. The van der Waals surface area contributed by atoms with Crippen molar-refractivity contribution in [2.24, 2.45) is 0 Å². The number of nitrogens with zero attached hydrogens (tertiary/aromatic N) is 1. The van der Waals surface area contributed by atoms with Crippen LogP contribution in [-0.4, -0.2) is 50.1 Å². The smallest absolute Gasteiger partial charge is 0.336 e. The van der Waals surface area contributed by atoms with E-state index in [-0.39, 0.29) is 10.5 Å². The Morgan fingerprint density at radius 3 is 2.55 bits per heavy atom. The van der Waals surface area contributed by atoms with Crippen molar-refractivity contribution in [3.8, 4) is 0 Å². The molecule has 6 nitrogen and oxygen atoms in total. The third kappa shape index (κ3) is 2.84. The number of benzene rings is 1. The Labute approximate surface area is 118 Å². The first-order valence-electron chi connectivity index (χ1n) is 6.41. The van der Waals surface area contributed by atoms with Gasteiger partial charge in [-0.2, -0.15) is 4.31 Å². The fraction of sp³-hybridized carbons (Fsp3) is 0.462. The molecule has 20 heavy (non-hydrogen) atoms. The molecule has 1 fully saturated rings. The maximum absolute atomic E-state index is 12.4. The molecular formula is C13H17NO5S. The molecule has 1 N–H and O–H groups in total. The molecule has 110 valence electrons. The topological polar surface area (TPSA) is 83.9 Å². The molecule has 0 unspecified atom stereocenters. The lowest BCUT2D eigenvalue weighted by Gasteiger charge is -2.26. The van der Waals surface area contributed by atoms with Gasteiger partial charge in [0, 0.05) is 13.1 Å². The molecule has 0 saturated carbocycles. The first-order chi connectivity index (χ1) is 9.46. The molecule has 1 saturated heterocycles. The first kappa shape index (κ1) is 15.0. The molecule has 7 heteroatoms. The Bertz CT molecular complexity index is 605. The highest BCUT2D eigenvalue weighted by molar-refractivity contribution is 7.89. The summed E-state index contributed by atoms with van der Waals surface area (Å²) in [6, 6.07) is 4.28. The van der Waals surface area contributed by atoms with E-state index >= 15 is 0 Å². The van der Waals surface area contributed by atoms with Crippen molar-refractivity contribution >= 4 is 16.0 Å². The van der Waals surface area contributed by atoms with Crippen LogP contribution in [0.4, 0.5) is 0 Å². The number of hydrogen-bond donors (Lipinski definition) is 1. The lowest BCUT2D eigenvalue weighted by atomic mass is 10.1. The Hall–Kier alpha value is -1.44. The second-order valence-electron chi connectivity index (χ2n) is 4.49. The van der Waals surface area contributed by atoms with E-state index in [1.807, 2.05) is 6.92 Å².